The lowest BCUT2D eigenvalue weighted by Gasteiger charge is -1.91. The number of allylic oxidation sites excluding steroid dienone is 1. The number of hydrogen-bond acceptors (Lipinski definition) is 1. The second-order valence-electron chi connectivity index (χ2n) is 2.72. The summed E-state index contributed by atoms with van der Waals surface area (Å²) in [5.41, 5.74) is 2.16. The molecule has 0 saturated carbocycles. The molecule has 0 spiro atoms. The number of hydrogen-bond donors (Lipinski definition) is 0. The molecule has 1 aromatic carbocycles. The standard InChI is InChI=1S/C11H10O/c1-2-3-9-4-5-11-10(8-9)6-7-12-11/h2-8H,1H3/b3-2+. The maximum atomic E-state index is 5.23. The fourth-order valence-electron chi connectivity index (χ4n) is 1.28. The summed E-state index contributed by atoms with van der Waals surface area (Å²) >= 11 is 0. The van der Waals surface area contributed by atoms with Gasteiger partial charge in [0.05, 0.1) is 6.26 Å². The summed E-state index contributed by atoms with van der Waals surface area (Å²) in [6.07, 6.45) is 5.82. The molecular formula is C11H10O. The summed E-state index contributed by atoms with van der Waals surface area (Å²) in [5, 5.41) is 1.16. The van der Waals surface area contributed by atoms with Crippen LogP contribution in [0, 0.1) is 0 Å². The van der Waals surface area contributed by atoms with Gasteiger partial charge in [0.15, 0.2) is 0 Å². The smallest absolute Gasteiger partial charge is 0.133 e. The highest BCUT2D eigenvalue weighted by Crippen LogP contribution is 2.17. The van der Waals surface area contributed by atoms with Crippen molar-refractivity contribution < 1.29 is 4.42 Å². The molecule has 0 unspecified atom stereocenters. The molecule has 0 fully saturated rings. The van der Waals surface area contributed by atoms with Crippen molar-refractivity contribution in [2.75, 3.05) is 0 Å². The summed E-state index contributed by atoms with van der Waals surface area (Å²) < 4.78 is 5.23. The van der Waals surface area contributed by atoms with Gasteiger partial charge in [-0.05, 0) is 30.7 Å². The summed E-state index contributed by atoms with van der Waals surface area (Å²) in [5.74, 6) is 0. The number of rotatable bonds is 1. The minimum absolute atomic E-state index is 0.947. The first-order valence-corrected chi connectivity index (χ1v) is 4.00. The summed E-state index contributed by atoms with van der Waals surface area (Å²) in [4.78, 5) is 0. The maximum Gasteiger partial charge on any atom is 0.133 e. The van der Waals surface area contributed by atoms with Crippen LogP contribution in [0.5, 0.6) is 0 Å². The summed E-state index contributed by atoms with van der Waals surface area (Å²) in [7, 11) is 0. The first-order chi connectivity index (χ1) is 5.90. The van der Waals surface area contributed by atoms with E-state index in [9.17, 15) is 0 Å². The minimum atomic E-state index is 0.947. The molecular weight excluding hydrogens is 148 g/mol. The molecule has 0 radical (unpaired) electrons. The van der Waals surface area contributed by atoms with Gasteiger partial charge in [-0.1, -0.05) is 18.2 Å². The van der Waals surface area contributed by atoms with Crippen molar-refractivity contribution in [1.29, 1.82) is 0 Å². The van der Waals surface area contributed by atoms with Crippen molar-refractivity contribution in [3.63, 3.8) is 0 Å². The maximum absolute atomic E-state index is 5.23. The predicted molar refractivity (Wildman–Crippen MR) is 50.9 cm³/mol. The van der Waals surface area contributed by atoms with Crippen molar-refractivity contribution >= 4 is 17.0 Å². The predicted octanol–water partition coefficient (Wildman–Crippen LogP) is 3.47. The van der Waals surface area contributed by atoms with Crippen LogP contribution in [0.1, 0.15) is 12.5 Å². The van der Waals surface area contributed by atoms with Gasteiger partial charge in [0.1, 0.15) is 5.58 Å². The number of benzene rings is 1. The lowest BCUT2D eigenvalue weighted by molar-refractivity contribution is 0.616. The van der Waals surface area contributed by atoms with Gasteiger partial charge in [-0.3, -0.25) is 0 Å². The lowest BCUT2D eigenvalue weighted by Crippen LogP contribution is -1.69. The number of fused-ring (bicyclic) bond motifs is 1. The highest BCUT2D eigenvalue weighted by Gasteiger charge is 1.94. The van der Waals surface area contributed by atoms with Crippen LogP contribution < -0.4 is 0 Å². The average Bonchev–Trinajstić information content (AvgIpc) is 2.51. The van der Waals surface area contributed by atoms with Crippen molar-refractivity contribution in [3.05, 3.63) is 42.2 Å². The van der Waals surface area contributed by atoms with Gasteiger partial charge in [-0.15, -0.1) is 0 Å². The van der Waals surface area contributed by atoms with E-state index in [0.29, 0.717) is 0 Å². The molecule has 0 atom stereocenters. The Bertz CT molecular complexity index is 410. The van der Waals surface area contributed by atoms with E-state index in [1.807, 2.05) is 31.2 Å². The van der Waals surface area contributed by atoms with Gasteiger partial charge < -0.3 is 4.42 Å². The van der Waals surface area contributed by atoms with Crippen LogP contribution in [-0.4, -0.2) is 0 Å². The Morgan fingerprint density at radius 1 is 1.25 bits per heavy atom. The fraction of sp³-hybridized carbons (Fsp3) is 0.0909. The molecule has 0 aliphatic carbocycles. The highest BCUT2D eigenvalue weighted by atomic mass is 16.3. The molecule has 60 valence electrons. The van der Waals surface area contributed by atoms with Crippen LogP contribution in [-0.2, 0) is 0 Å². The Morgan fingerprint density at radius 3 is 3.00 bits per heavy atom. The van der Waals surface area contributed by atoms with E-state index in [0.717, 1.165) is 11.0 Å². The topological polar surface area (TPSA) is 13.1 Å². The van der Waals surface area contributed by atoms with E-state index in [-0.39, 0.29) is 0 Å². The van der Waals surface area contributed by atoms with Gasteiger partial charge in [0, 0.05) is 5.39 Å². The second-order valence-corrected chi connectivity index (χ2v) is 2.72. The average molecular weight is 158 g/mol. The quantitative estimate of drug-likeness (QED) is 0.619. The van der Waals surface area contributed by atoms with Crippen LogP contribution in [0.25, 0.3) is 17.0 Å². The largest absolute Gasteiger partial charge is 0.464 e. The van der Waals surface area contributed by atoms with Crippen LogP contribution in [0.4, 0.5) is 0 Å². The molecule has 1 aromatic heterocycles. The zero-order chi connectivity index (χ0) is 8.39. The SMILES string of the molecule is C/C=C/c1ccc2occc2c1. The Hall–Kier alpha value is -1.50. The number of furan rings is 1. The van der Waals surface area contributed by atoms with Gasteiger partial charge in [-0.2, -0.15) is 0 Å². The minimum Gasteiger partial charge on any atom is -0.464 e. The molecule has 0 aliphatic heterocycles. The van der Waals surface area contributed by atoms with E-state index in [2.05, 4.69) is 12.1 Å². The van der Waals surface area contributed by atoms with Crippen molar-refractivity contribution in [2.45, 2.75) is 6.92 Å². The van der Waals surface area contributed by atoms with Gasteiger partial charge in [0.25, 0.3) is 0 Å². The molecule has 1 heteroatoms. The molecule has 0 N–H and O–H groups in total. The van der Waals surface area contributed by atoms with Crippen LogP contribution >= 0.6 is 0 Å². The van der Waals surface area contributed by atoms with Crippen LogP contribution in [0.3, 0.4) is 0 Å². The molecule has 0 aliphatic rings. The second kappa shape index (κ2) is 2.86. The van der Waals surface area contributed by atoms with Crippen LogP contribution in [0.15, 0.2) is 41.0 Å². The van der Waals surface area contributed by atoms with E-state index >= 15 is 0 Å². The molecule has 0 bridgehead atoms. The van der Waals surface area contributed by atoms with E-state index in [4.69, 9.17) is 4.42 Å². The zero-order valence-electron chi connectivity index (χ0n) is 6.95. The van der Waals surface area contributed by atoms with E-state index < -0.39 is 0 Å². The van der Waals surface area contributed by atoms with Gasteiger partial charge in [0.2, 0.25) is 0 Å². The van der Waals surface area contributed by atoms with E-state index in [1.54, 1.807) is 6.26 Å². The monoisotopic (exact) mass is 158 g/mol. The molecule has 0 saturated heterocycles. The third-order valence-corrected chi connectivity index (χ3v) is 1.84. The normalized spacial score (nSPS) is 11.4. The summed E-state index contributed by atoms with van der Waals surface area (Å²) in [6.45, 7) is 2.01. The van der Waals surface area contributed by atoms with Gasteiger partial charge >= 0.3 is 0 Å². The van der Waals surface area contributed by atoms with Gasteiger partial charge in [-0.25, -0.2) is 0 Å². The molecule has 2 aromatic rings. The molecule has 1 nitrogen and oxygen atoms in total. The Kier molecular flexibility index (Phi) is 1.71. The Labute approximate surface area is 71.3 Å². The highest BCUT2D eigenvalue weighted by molar-refractivity contribution is 5.79. The molecule has 0 amide bonds. The van der Waals surface area contributed by atoms with Crippen molar-refractivity contribution in [3.8, 4) is 0 Å². The zero-order valence-corrected chi connectivity index (χ0v) is 6.95. The third kappa shape index (κ3) is 1.14. The van der Waals surface area contributed by atoms with Crippen molar-refractivity contribution in [1.82, 2.24) is 0 Å². The fourth-order valence-corrected chi connectivity index (χ4v) is 1.28. The Balaban J connectivity index is 2.60. The molecule has 12 heavy (non-hydrogen) atoms. The first-order valence-electron chi connectivity index (χ1n) is 4.00. The third-order valence-electron chi connectivity index (χ3n) is 1.84. The van der Waals surface area contributed by atoms with E-state index in [1.165, 1.54) is 5.56 Å². The Morgan fingerprint density at radius 2 is 2.17 bits per heavy atom. The molecule has 1 heterocycles. The first kappa shape index (κ1) is 7.17. The lowest BCUT2D eigenvalue weighted by atomic mass is 10.1. The summed E-state index contributed by atoms with van der Waals surface area (Å²) in [6, 6.07) is 8.12. The molecule has 2 rings (SSSR count). The van der Waals surface area contributed by atoms with Crippen LogP contribution in [0.2, 0.25) is 0 Å². The van der Waals surface area contributed by atoms with Crippen molar-refractivity contribution in [2.24, 2.45) is 0 Å².